The number of non-ortho nitro benzene ring substituents is 1. The summed E-state index contributed by atoms with van der Waals surface area (Å²) in [4.78, 5) is 63.8. The number of amides is 2. The first-order valence-electron chi connectivity index (χ1n) is 12.6. The number of anilines is 2. The predicted molar refractivity (Wildman–Crippen MR) is 163 cm³/mol. The van der Waals surface area contributed by atoms with E-state index in [-0.39, 0.29) is 39.7 Å². The lowest BCUT2D eigenvalue weighted by Crippen LogP contribution is -2.37. The SMILES string of the molecule is COC(=O)c1csc(NC(=O)C(N)Cc2cccc([N+](=O)[O-])c2)n1.N[C@@H](Cc1ccccc1)C(=O)Nc1nc(C(=O)O)cs1. The van der Waals surface area contributed by atoms with Gasteiger partial charge in [0.05, 0.1) is 24.1 Å². The number of carbonyl (C=O) groups excluding carboxylic acids is 3. The van der Waals surface area contributed by atoms with Crippen LogP contribution < -0.4 is 22.1 Å². The summed E-state index contributed by atoms with van der Waals surface area (Å²) in [6, 6.07) is 13.7. The number of rotatable bonds is 11. The number of carboxylic acid groups (broad SMARTS) is 1. The standard InChI is InChI=1S/C14H14N4O5S.C13H13N3O3S/c1-23-13(20)11-7-24-14(16-11)17-12(19)10(15)6-8-3-2-4-9(5-8)18(21)22;14-9(6-8-4-2-1-3-5-8)11(17)16-13-15-10(7-20-13)12(18)19/h2-5,7,10H,6,15H2,1H3,(H,16,17,19);1-5,7,9H,6,14H2,(H,18,19)(H,15,16,17)/t;9-/m.0/s1. The molecule has 17 heteroatoms. The van der Waals surface area contributed by atoms with Gasteiger partial charge in [-0.05, 0) is 24.0 Å². The molecule has 2 aromatic carbocycles. The van der Waals surface area contributed by atoms with E-state index in [9.17, 15) is 29.3 Å². The number of nitrogens with two attached hydrogens (primary N) is 2. The number of hydrogen-bond acceptors (Lipinski definition) is 13. The van der Waals surface area contributed by atoms with E-state index >= 15 is 0 Å². The molecule has 2 atom stereocenters. The number of aromatic carboxylic acids is 1. The predicted octanol–water partition coefficient (Wildman–Crippen LogP) is 2.70. The van der Waals surface area contributed by atoms with Crippen LogP contribution in [-0.4, -0.2) is 62.9 Å². The molecule has 4 rings (SSSR count). The molecule has 2 aromatic heterocycles. The average molecular weight is 642 g/mol. The highest BCUT2D eigenvalue weighted by Gasteiger charge is 2.19. The molecule has 0 saturated heterocycles. The number of hydrogen-bond donors (Lipinski definition) is 5. The second-order valence-electron chi connectivity index (χ2n) is 8.88. The fourth-order valence-corrected chi connectivity index (χ4v) is 4.83. The smallest absolute Gasteiger partial charge is 0.357 e. The van der Waals surface area contributed by atoms with Gasteiger partial charge in [-0.1, -0.05) is 42.5 Å². The van der Waals surface area contributed by atoms with E-state index in [0.29, 0.717) is 12.0 Å². The minimum atomic E-state index is -1.13. The number of nitrogens with one attached hydrogen (secondary N) is 2. The summed E-state index contributed by atoms with van der Waals surface area (Å²) in [6.45, 7) is 0. The molecule has 4 aromatic rings. The van der Waals surface area contributed by atoms with Gasteiger partial charge in [-0.2, -0.15) is 0 Å². The maximum atomic E-state index is 12.1. The fourth-order valence-electron chi connectivity index (χ4n) is 3.46. The van der Waals surface area contributed by atoms with Crippen molar-refractivity contribution in [3.05, 3.63) is 98.0 Å². The van der Waals surface area contributed by atoms with Crippen LogP contribution in [0.1, 0.15) is 32.1 Å². The molecule has 0 aliphatic heterocycles. The Labute approximate surface area is 258 Å². The number of aromatic nitrogens is 2. The van der Waals surface area contributed by atoms with Crippen LogP contribution in [-0.2, 0) is 27.2 Å². The summed E-state index contributed by atoms with van der Waals surface area (Å²) in [5.41, 5.74) is 13.1. The molecule has 44 heavy (non-hydrogen) atoms. The number of nitrogens with zero attached hydrogens (tertiary/aromatic N) is 3. The second kappa shape index (κ2) is 15.9. The van der Waals surface area contributed by atoms with Gasteiger partial charge >= 0.3 is 11.9 Å². The van der Waals surface area contributed by atoms with Crippen molar-refractivity contribution in [3.63, 3.8) is 0 Å². The van der Waals surface area contributed by atoms with Gasteiger partial charge in [0.15, 0.2) is 21.7 Å². The lowest BCUT2D eigenvalue weighted by molar-refractivity contribution is -0.384. The number of ether oxygens (including phenoxy) is 1. The molecular weight excluding hydrogens is 614 g/mol. The van der Waals surface area contributed by atoms with Crippen LogP contribution in [0.4, 0.5) is 16.0 Å². The van der Waals surface area contributed by atoms with Crippen LogP contribution in [0, 0.1) is 10.1 Å². The Hall–Kier alpha value is -5.10. The highest BCUT2D eigenvalue weighted by Crippen LogP contribution is 2.18. The minimum absolute atomic E-state index is 0.0669. The fraction of sp³-hybridized carbons (Fsp3) is 0.185. The minimum Gasteiger partial charge on any atom is -0.476 e. The van der Waals surface area contributed by atoms with E-state index in [1.807, 2.05) is 30.3 Å². The molecule has 230 valence electrons. The van der Waals surface area contributed by atoms with Gasteiger partial charge in [0.2, 0.25) is 11.8 Å². The molecule has 0 radical (unpaired) electrons. The Morgan fingerprint density at radius 1 is 0.886 bits per heavy atom. The molecule has 0 aliphatic rings. The van der Waals surface area contributed by atoms with Crippen molar-refractivity contribution < 1.29 is 33.9 Å². The number of esters is 1. The van der Waals surface area contributed by atoms with Gasteiger partial charge in [0, 0.05) is 22.9 Å². The molecule has 0 spiro atoms. The third-order valence-corrected chi connectivity index (χ3v) is 7.15. The van der Waals surface area contributed by atoms with Crippen molar-refractivity contribution in [2.75, 3.05) is 17.7 Å². The molecule has 2 amide bonds. The molecule has 15 nitrogen and oxygen atoms in total. The first-order valence-corrected chi connectivity index (χ1v) is 14.4. The zero-order chi connectivity index (χ0) is 32.2. The van der Waals surface area contributed by atoms with Gasteiger partial charge in [-0.15, -0.1) is 22.7 Å². The van der Waals surface area contributed by atoms with E-state index in [1.54, 1.807) is 6.07 Å². The second-order valence-corrected chi connectivity index (χ2v) is 10.6. The Balaban J connectivity index is 0.000000244. The molecule has 1 unspecified atom stereocenters. The topological polar surface area (TPSA) is 243 Å². The van der Waals surface area contributed by atoms with Crippen LogP contribution in [0.3, 0.4) is 0 Å². The van der Waals surface area contributed by atoms with Crippen LogP contribution >= 0.6 is 22.7 Å². The first-order chi connectivity index (χ1) is 21.0. The highest BCUT2D eigenvalue weighted by molar-refractivity contribution is 7.14. The van der Waals surface area contributed by atoms with E-state index in [2.05, 4.69) is 25.3 Å². The van der Waals surface area contributed by atoms with Crippen molar-refractivity contribution in [3.8, 4) is 0 Å². The molecule has 7 N–H and O–H groups in total. The zero-order valence-corrected chi connectivity index (χ0v) is 24.7. The monoisotopic (exact) mass is 641 g/mol. The van der Waals surface area contributed by atoms with Crippen molar-refractivity contribution in [2.45, 2.75) is 24.9 Å². The van der Waals surface area contributed by atoms with Crippen molar-refractivity contribution in [1.82, 2.24) is 9.97 Å². The van der Waals surface area contributed by atoms with Crippen LogP contribution in [0.15, 0.2) is 65.4 Å². The number of nitro benzene ring substituents is 1. The number of thiazole rings is 2. The van der Waals surface area contributed by atoms with Crippen molar-refractivity contribution in [1.29, 1.82) is 0 Å². The van der Waals surface area contributed by atoms with Crippen LogP contribution in [0.5, 0.6) is 0 Å². The van der Waals surface area contributed by atoms with E-state index in [0.717, 1.165) is 28.2 Å². The van der Waals surface area contributed by atoms with Gasteiger partial charge in [-0.25, -0.2) is 19.6 Å². The van der Waals surface area contributed by atoms with E-state index < -0.39 is 34.9 Å². The number of benzene rings is 2. The van der Waals surface area contributed by atoms with Gasteiger partial charge in [-0.3, -0.25) is 19.7 Å². The third kappa shape index (κ3) is 10.0. The zero-order valence-electron chi connectivity index (χ0n) is 23.0. The Kier molecular flexibility index (Phi) is 12.1. The third-order valence-electron chi connectivity index (χ3n) is 5.63. The summed E-state index contributed by atoms with van der Waals surface area (Å²) in [7, 11) is 1.23. The number of nitro groups is 1. The lowest BCUT2D eigenvalue weighted by Gasteiger charge is -2.10. The number of methoxy groups -OCH3 is 1. The summed E-state index contributed by atoms with van der Waals surface area (Å²) in [6.07, 6.45) is 0.534. The number of carboxylic acids is 1. The molecule has 0 bridgehead atoms. The van der Waals surface area contributed by atoms with E-state index in [1.165, 1.54) is 36.1 Å². The van der Waals surface area contributed by atoms with Crippen LogP contribution in [0.25, 0.3) is 0 Å². The molecular formula is C27H27N7O8S2. The van der Waals surface area contributed by atoms with Gasteiger partial charge < -0.3 is 31.9 Å². The molecule has 0 aliphatic carbocycles. The summed E-state index contributed by atoms with van der Waals surface area (Å²) >= 11 is 2.11. The average Bonchev–Trinajstić information content (AvgIpc) is 3.68. The van der Waals surface area contributed by atoms with Gasteiger partial charge in [0.25, 0.3) is 5.69 Å². The lowest BCUT2D eigenvalue weighted by atomic mass is 10.1. The van der Waals surface area contributed by atoms with Crippen molar-refractivity contribution in [2.24, 2.45) is 11.5 Å². The quantitative estimate of drug-likeness (QED) is 0.0902. The molecule has 0 saturated carbocycles. The maximum absolute atomic E-state index is 12.1. The molecule has 0 fully saturated rings. The Morgan fingerprint density at radius 2 is 1.41 bits per heavy atom. The maximum Gasteiger partial charge on any atom is 0.357 e. The summed E-state index contributed by atoms with van der Waals surface area (Å²) in [5, 5.41) is 27.8. The highest BCUT2D eigenvalue weighted by atomic mass is 32.1. The molecule has 2 heterocycles. The number of carbonyl (C=O) groups is 4. The van der Waals surface area contributed by atoms with Crippen LogP contribution in [0.2, 0.25) is 0 Å². The Bertz CT molecular complexity index is 1630. The normalized spacial score (nSPS) is 11.7. The van der Waals surface area contributed by atoms with E-state index in [4.69, 9.17) is 16.6 Å². The largest absolute Gasteiger partial charge is 0.476 e. The van der Waals surface area contributed by atoms with Gasteiger partial charge in [0.1, 0.15) is 0 Å². The Morgan fingerprint density at radius 3 is 1.93 bits per heavy atom. The first kappa shape index (κ1) is 33.4. The summed E-state index contributed by atoms with van der Waals surface area (Å²) < 4.78 is 4.52. The van der Waals surface area contributed by atoms with Crippen molar-refractivity contribution >= 4 is 62.4 Å². The summed E-state index contributed by atoms with van der Waals surface area (Å²) in [5.74, 6) is -2.63.